The molecule has 0 radical (unpaired) electrons. The first kappa shape index (κ1) is 23.4. The number of nitriles is 1. The Hall–Kier alpha value is -3.27. The standard InChI is InChI=1S/C20H26N6O6/c1-4-14(27)30-7-12-16(31-19(29)15(22)10(2)3)17(28)20(8-21,32-12)13-6-5-11-18(23)24-9-25-26(11)13/h5-6,9-10,12,15-17,28H,4,7,22H2,1-3H3,(H2,23,24,25)/t12-,15+,16-,17-,20+/m1/s1. The van der Waals surface area contributed by atoms with Crippen molar-refractivity contribution in [3.05, 3.63) is 24.2 Å². The number of aromatic nitrogens is 3. The van der Waals surface area contributed by atoms with E-state index in [1.807, 2.05) is 6.07 Å². The van der Waals surface area contributed by atoms with E-state index in [2.05, 4.69) is 10.1 Å². The van der Waals surface area contributed by atoms with Gasteiger partial charge in [0.25, 0.3) is 0 Å². The van der Waals surface area contributed by atoms with Crippen molar-refractivity contribution in [2.75, 3.05) is 12.3 Å². The number of anilines is 1. The van der Waals surface area contributed by atoms with Gasteiger partial charge in [-0.1, -0.05) is 20.8 Å². The van der Waals surface area contributed by atoms with Crippen LogP contribution in [-0.4, -0.2) is 62.6 Å². The second-order valence-corrected chi connectivity index (χ2v) is 7.82. The molecule has 0 unspecified atom stereocenters. The van der Waals surface area contributed by atoms with Crippen molar-refractivity contribution in [2.24, 2.45) is 11.7 Å². The molecule has 1 fully saturated rings. The number of hydrogen-bond acceptors (Lipinski definition) is 11. The molecule has 1 aliphatic heterocycles. The average molecular weight is 446 g/mol. The van der Waals surface area contributed by atoms with Crippen LogP contribution in [0.4, 0.5) is 5.82 Å². The number of rotatable bonds is 7. The Kier molecular flexibility index (Phi) is 6.63. The highest BCUT2D eigenvalue weighted by molar-refractivity contribution is 5.76. The predicted octanol–water partition coefficient (Wildman–Crippen LogP) is -0.362. The summed E-state index contributed by atoms with van der Waals surface area (Å²) < 4.78 is 17.9. The van der Waals surface area contributed by atoms with Crippen LogP contribution in [0.3, 0.4) is 0 Å². The zero-order valence-electron chi connectivity index (χ0n) is 18.0. The summed E-state index contributed by atoms with van der Waals surface area (Å²) in [6.45, 7) is 4.75. The quantitative estimate of drug-likeness (QED) is 0.471. The lowest BCUT2D eigenvalue weighted by molar-refractivity contribution is -0.162. The molecule has 12 heteroatoms. The fraction of sp³-hybridized carbons (Fsp3) is 0.550. The van der Waals surface area contributed by atoms with Gasteiger partial charge in [0.1, 0.15) is 42.8 Å². The second-order valence-electron chi connectivity index (χ2n) is 7.82. The first-order valence-electron chi connectivity index (χ1n) is 10.1. The molecule has 0 aromatic carbocycles. The number of carbonyl (C=O) groups is 2. The van der Waals surface area contributed by atoms with Crippen LogP contribution in [0.25, 0.3) is 5.52 Å². The van der Waals surface area contributed by atoms with Crippen molar-refractivity contribution < 1.29 is 28.9 Å². The summed E-state index contributed by atoms with van der Waals surface area (Å²) in [6.07, 6.45) is -2.80. The van der Waals surface area contributed by atoms with Gasteiger partial charge in [0.2, 0.25) is 5.60 Å². The van der Waals surface area contributed by atoms with Gasteiger partial charge >= 0.3 is 11.9 Å². The summed E-state index contributed by atoms with van der Waals surface area (Å²) >= 11 is 0. The fourth-order valence-corrected chi connectivity index (χ4v) is 3.44. The number of nitrogens with two attached hydrogens (primary N) is 2. The van der Waals surface area contributed by atoms with Gasteiger partial charge in [0.15, 0.2) is 11.9 Å². The number of aliphatic hydroxyl groups excluding tert-OH is 1. The number of fused-ring (bicyclic) bond motifs is 1. The van der Waals surface area contributed by atoms with E-state index in [9.17, 15) is 20.0 Å². The van der Waals surface area contributed by atoms with Gasteiger partial charge in [-0.3, -0.25) is 9.59 Å². The van der Waals surface area contributed by atoms with E-state index in [1.54, 1.807) is 26.8 Å². The van der Waals surface area contributed by atoms with E-state index < -0.39 is 41.9 Å². The summed E-state index contributed by atoms with van der Waals surface area (Å²) in [6, 6.07) is 4.09. The molecule has 2 aromatic heterocycles. The maximum atomic E-state index is 12.5. The Labute approximate surface area is 184 Å². The minimum atomic E-state index is -2.00. The maximum absolute atomic E-state index is 12.5. The van der Waals surface area contributed by atoms with Gasteiger partial charge in [-0.25, -0.2) is 9.50 Å². The highest BCUT2D eigenvalue weighted by atomic mass is 16.6. The van der Waals surface area contributed by atoms with Crippen molar-refractivity contribution in [3.8, 4) is 6.07 Å². The van der Waals surface area contributed by atoms with E-state index in [-0.39, 0.29) is 30.5 Å². The largest absolute Gasteiger partial charge is 0.463 e. The molecule has 5 N–H and O–H groups in total. The van der Waals surface area contributed by atoms with Crippen LogP contribution in [-0.2, 0) is 29.4 Å². The number of aliphatic hydroxyl groups is 1. The normalized spacial score (nSPS) is 26.1. The summed E-state index contributed by atoms with van der Waals surface area (Å²) in [4.78, 5) is 28.1. The Bertz CT molecular complexity index is 1050. The molecule has 1 aliphatic rings. The van der Waals surface area contributed by atoms with Crippen LogP contribution in [0.5, 0.6) is 0 Å². The summed E-state index contributed by atoms with van der Waals surface area (Å²) in [5, 5.41) is 25.3. The topological polar surface area (TPSA) is 188 Å². The van der Waals surface area contributed by atoms with Gasteiger partial charge in [0.05, 0.1) is 5.69 Å². The summed E-state index contributed by atoms with van der Waals surface area (Å²) in [7, 11) is 0. The van der Waals surface area contributed by atoms with Crippen LogP contribution in [0.2, 0.25) is 0 Å². The Balaban J connectivity index is 2.01. The molecule has 3 heterocycles. The molecule has 172 valence electrons. The van der Waals surface area contributed by atoms with Crippen molar-refractivity contribution in [1.29, 1.82) is 5.26 Å². The minimum absolute atomic E-state index is 0.112. The molecule has 1 saturated heterocycles. The van der Waals surface area contributed by atoms with E-state index >= 15 is 0 Å². The molecule has 12 nitrogen and oxygen atoms in total. The molecule has 32 heavy (non-hydrogen) atoms. The van der Waals surface area contributed by atoms with E-state index in [0.29, 0.717) is 5.52 Å². The lowest BCUT2D eigenvalue weighted by Gasteiger charge is -2.25. The number of hydrogen-bond donors (Lipinski definition) is 3. The molecule has 3 rings (SSSR count). The molecule has 0 spiro atoms. The maximum Gasteiger partial charge on any atom is 0.323 e. The molecule has 0 bridgehead atoms. The minimum Gasteiger partial charge on any atom is -0.463 e. The first-order chi connectivity index (χ1) is 15.2. The second kappa shape index (κ2) is 9.07. The van der Waals surface area contributed by atoms with Gasteiger partial charge in [-0.15, -0.1) is 0 Å². The van der Waals surface area contributed by atoms with Crippen LogP contribution < -0.4 is 11.5 Å². The van der Waals surface area contributed by atoms with Crippen LogP contribution in [0.15, 0.2) is 18.5 Å². The van der Waals surface area contributed by atoms with Crippen molar-refractivity contribution >= 4 is 23.3 Å². The third-order valence-corrected chi connectivity index (χ3v) is 5.40. The zero-order chi connectivity index (χ0) is 23.6. The Morgan fingerprint density at radius 1 is 1.44 bits per heavy atom. The number of esters is 2. The SMILES string of the molecule is CCC(=O)OC[C@H]1O[C@@](C#N)(c2ccc3c(N)ncnn23)[C@H](O)[C@@H]1OC(=O)[C@@H](N)C(C)C. The molecular formula is C20H26N6O6. The van der Waals surface area contributed by atoms with E-state index in [0.717, 1.165) is 0 Å². The van der Waals surface area contributed by atoms with Crippen molar-refractivity contribution in [3.63, 3.8) is 0 Å². The molecule has 5 atom stereocenters. The number of carbonyl (C=O) groups excluding carboxylic acids is 2. The molecular weight excluding hydrogens is 420 g/mol. The molecule has 0 aliphatic carbocycles. The van der Waals surface area contributed by atoms with Crippen LogP contribution in [0.1, 0.15) is 32.9 Å². The lowest BCUT2D eigenvalue weighted by Crippen LogP contribution is -2.46. The third kappa shape index (κ3) is 3.97. The number of ether oxygens (including phenoxy) is 3. The van der Waals surface area contributed by atoms with Gasteiger partial charge < -0.3 is 30.8 Å². The highest BCUT2D eigenvalue weighted by Gasteiger charge is 2.60. The van der Waals surface area contributed by atoms with Crippen molar-refractivity contribution in [2.45, 2.75) is 57.1 Å². The Morgan fingerprint density at radius 2 is 2.16 bits per heavy atom. The lowest BCUT2D eigenvalue weighted by atomic mass is 9.92. The molecule has 2 aromatic rings. The van der Waals surface area contributed by atoms with Crippen LogP contribution >= 0.6 is 0 Å². The summed E-state index contributed by atoms with van der Waals surface area (Å²) in [5.74, 6) is -1.37. The monoisotopic (exact) mass is 446 g/mol. The predicted molar refractivity (Wildman–Crippen MR) is 110 cm³/mol. The molecule has 0 saturated carbocycles. The smallest absolute Gasteiger partial charge is 0.323 e. The average Bonchev–Trinajstić information content (AvgIpc) is 3.32. The van der Waals surface area contributed by atoms with Gasteiger partial charge in [-0.2, -0.15) is 10.4 Å². The number of nitrogen functional groups attached to an aromatic ring is 1. The van der Waals surface area contributed by atoms with Gasteiger partial charge in [0, 0.05) is 6.42 Å². The fourth-order valence-electron chi connectivity index (χ4n) is 3.44. The Morgan fingerprint density at radius 3 is 2.78 bits per heavy atom. The highest BCUT2D eigenvalue weighted by Crippen LogP contribution is 2.42. The number of nitrogens with zero attached hydrogens (tertiary/aromatic N) is 4. The van der Waals surface area contributed by atoms with E-state index in [1.165, 1.54) is 16.9 Å². The van der Waals surface area contributed by atoms with Gasteiger partial charge in [-0.05, 0) is 18.1 Å². The zero-order valence-corrected chi connectivity index (χ0v) is 18.0. The van der Waals surface area contributed by atoms with Crippen LogP contribution in [0, 0.1) is 17.2 Å². The summed E-state index contributed by atoms with van der Waals surface area (Å²) in [5.41, 5.74) is 10.3. The van der Waals surface area contributed by atoms with Crippen molar-refractivity contribution in [1.82, 2.24) is 14.6 Å². The first-order valence-corrected chi connectivity index (χ1v) is 10.1. The third-order valence-electron chi connectivity index (χ3n) is 5.40. The molecule has 0 amide bonds. The van der Waals surface area contributed by atoms with E-state index in [4.69, 9.17) is 25.7 Å².